The Balaban J connectivity index is 0.000000331. The van der Waals surface area contributed by atoms with Gasteiger partial charge >= 0.3 is 12.1 Å². The van der Waals surface area contributed by atoms with Gasteiger partial charge < -0.3 is 9.47 Å². The molecular formula is C12H13F3O3. The number of methoxy groups -OCH3 is 2. The van der Waals surface area contributed by atoms with Gasteiger partial charge in [0.25, 0.3) is 0 Å². The number of halogens is 3. The summed E-state index contributed by atoms with van der Waals surface area (Å²) in [6.45, 7) is 0. The van der Waals surface area contributed by atoms with Crippen LogP contribution in [0.3, 0.4) is 0 Å². The van der Waals surface area contributed by atoms with E-state index >= 15 is 0 Å². The van der Waals surface area contributed by atoms with Crippen molar-refractivity contribution in [1.29, 1.82) is 0 Å². The van der Waals surface area contributed by atoms with Crippen molar-refractivity contribution in [2.24, 2.45) is 0 Å². The first-order chi connectivity index (χ1) is 8.41. The highest BCUT2D eigenvalue weighted by atomic mass is 19.4. The Morgan fingerprint density at radius 3 is 2.06 bits per heavy atom. The van der Waals surface area contributed by atoms with Gasteiger partial charge in [0.15, 0.2) is 0 Å². The first-order valence-electron chi connectivity index (χ1n) is 4.81. The summed E-state index contributed by atoms with van der Waals surface area (Å²) in [5, 5.41) is 0. The highest BCUT2D eigenvalue weighted by molar-refractivity contribution is 5.75. The molecule has 1 aromatic carbocycles. The van der Waals surface area contributed by atoms with E-state index < -0.39 is 12.1 Å². The van der Waals surface area contributed by atoms with Crippen LogP contribution in [0, 0.1) is 0 Å². The zero-order valence-electron chi connectivity index (χ0n) is 9.90. The largest absolute Gasteiger partial charge is 0.504 e. The van der Waals surface area contributed by atoms with E-state index in [1.165, 1.54) is 0 Å². The van der Waals surface area contributed by atoms with Crippen LogP contribution in [0.25, 0.3) is 6.08 Å². The summed E-state index contributed by atoms with van der Waals surface area (Å²) in [5.41, 5.74) is 1.16. The number of hydrogen-bond acceptors (Lipinski definition) is 3. The zero-order valence-corrected chi connectivity index (χ0v) is 9.90. The fourth-order valence-corrected chi connectivity index (χ4v) is 0.826. The van der Waals surface area contributed by atoms with Crippen LogP contribution in [0.15, 0.2) is 36.6 Å². The summed E-state index contributed by atoms with van der Waals surface area (Å²) in [4.78, 5) is 9.49. The van der Waals surface area contributed by atoms with Crippen LogP contribution < -0.4 is 0 Å². The van der Waals surface area contributed by atoms with Crippen LogP contribution >= 0.6 is 0 Å². The van der Waals surface area contributed by atoms with Crippen LogP contribution in [0.2, 0.25) is 0 Å². The Morgan fingerprint density at radius 1 is 1.17 bits per heavy atom. The molecule has 0 aliphatic carbocycles. The summed E-state index contributed by atoms with van der Waals surface area (Å²) >= 11 is 0. The van der Waals surface area contributed by atoms with Crippen LogP contribution in [-0.4, -0.2) is 26.4 Å². The summed E-state index contributed by atoms with van der Waals surface area (Å²) in [5.74, 6) is -2.17. The molecule has 0 spiro atoms. The first kappa shape index (κ1) is 16.0. The molecule has 18 heavy (non-hydrogen) atoms. The highest BCUT2D eigenvalue weighted by Crippen LogP contribution is 2.15. The lowest BCUT2D eigenvalue weighted by Gasteiger charge is -1.99. The van der Waals surface area contributed by atoms with Gasteiger partial charge in [-0.25, -0.2) is 4.79 Å². The fraction of sp³-hybridized carbons (Fsp3) is 0.250. The Kier molecular flexibility index (Phi) is 7.26. The Bertz CT molecular complexity index is 372. The number of carbonyl (C=O) groups is 1. The topological polar surface area (TPSA) is 35.5 Å². The SMILES string of the molecule is COC(=O)C(F)(F)F.COC=Cc1ccccc1. The van der Waals surface area contributed by atoms with E-state index in [9.17, 15) is 18.0 Å². The molecule has 0 atom stereocenters. The van der Waals surface area contributed by atoms with Gasteiger partial charge in [-0.15, -0.1) is 0 Å². The molecule has 6 heteroatoms. The molecule has 1 rings (SSSR count). The quantitative estimate of drug-likeness (QED) is 0.607. The number of esters is 1. The van der Waals surface area contributed by atoms with Crippen molar-refractivity contribution in [3.63, 3.8) is 0 Å². The third kappa shape index (κ3) is 7.32. The Morgan fingerprint density at radius 2 is 1.72 bits per heavy atom. The van der Waals surface area contributed by atoms with Gasteiger partial charge in [0.1, 0.15) is 0 Å². The van der Waals surface area contributed by atoms with Gasteiger partial charge in [0.05, 0.1) is 20.5 Å². The summed E-state index contributed by atoms with van der Waals surface area (Å²) in [7, 11) is 2.31. The molecule has 100 valence electrons. The third-order valence-corrected chi connectivity index (χ3v) is 1.61. The minimum Gasteiger partial charge on any atom is -0.504 e. The Labute approximate surface area is 103 Å². The average Bonchev–Trinajstić information content (AvgIpc) is 2.36. The Hall–Kier alpha value is -1.98. The van der Waals surface area contributed by atoms with E-state index in [1.807, 2.05) is 36.4 Å². The predicted octanol–water partition coefficient (Wildman–Crippen LogP) is 3.03. The molecule has 0 N–H and O–H groups in total. The van der Waals surface area contributed by atoms with Crippen molar-refractivity contribution in [3.05, 3.63) is 42.2 Å². The van der Waals surface area contributed by atoms with E-state index in [0.29, 0.717) is 7.11 Å². The molecule has 0 radical (unpaired) electrons. The van der Waals surface area contributed by atoms with Crippen molar-refractivity contribution < 1.29 is 27.4 Å². The van der Waals surface area contributed by atoms with Gasteiger partial charge in [-0.1, -0.05) is 30.3 Å². The van der Waals surface area contributed by atoms with Gasteiger partial charge in [-0.05, 0) is 11.6 Å². The molecule has 3 nitrogen and oxygen atoms in total. The lowest BCUT2D eigenvalue weighted by molar-refractivity contribution is -0.196. The molecule has 0 aliphatic heterocycles. The zero-order chi connectivity index (χ0) is 14.0. The number of alkyl halides is 3. The average molecular weight is 262 g/mol. The lowest BCUT2D eigenvalue weighted by Crippen LogP contribution is -2.23. The van der Waals surface area contributed by atoms with Crippen molar-refractivity contribution in [1.82, 2.24) is 0 Å². The summed E-state index contributed by atoms with van der Waals surface area (Å²) < 4.78 is 41.0. The molecular weight excluding hydrogens is 249 g/mol. The molecule has 0 saturated carbocycles. The minimum atomic E-state index is -4.85. The normalized spacial score (nSPS) is 10.5. The van der Waals surface area contributed by atoms with Crippen LogP contribution in [0.5, 0.6) is 0 Å². The number of ether oxygens (including phenoxy) is 2. The number of carbonyl (C=O) groups excluding carboxylic acids is 1. The van der Waals surface area contributed by atoms with Gasteiger partial charge in [0, 0.05) is 0 Å². The van der Waals surface area contributed by atoms with Crippen molar-refractivity contribution in [3.8, 4) is 0 Å². The molecule has 0 aliphatic rings. The fourth-order valence-electron chi connectivity index (χ4n) is 0.826. The van der Waals surface area contributed by atoms with E-state index in [4.69, 9.17) is 4.74 Å². The summed E-state index contributed by atoms with van der Waals surface area (Å²) in [6, 6.07) is 10.0. The number of benzene rings is 1. The van der Waals surface area contributed by atoms with E-state index in [1.54, 1.807) is 13.4 Å². The number of rotatable bonds is 2. The first-order valence-corrected chi connectivity index (χ1v) is 4.81. The van der Waals surface area contributed by atoms with Gasteiger partial charge in [0.2, 0.25) is 0 Å². The highest BCUT2D eigenvalue weighted by Gasteiger charge is 2.39. The molecule has 0 unspecified atom stereocenters. The van der Waals surface area contributed by atoms with Crippen molar-refractivity contribution >= 4 is 12.0 Å². The predicted molar refractivity (Wildman–Crippen MR) is 60.6 cm³/mol. The van der Waals surface area contributed by atoms with E-state index in [-0.39, 0.29) is 0 Å². The van der Waals surface area contributed by atoms with Gasteiger partial charge in [-0.3, -0.25) is 0 Å². The van der Waals surface area contributed by atoms with Gasteiger partial charge in [-0.2, -0.15) is 13.2 Å². The molecule has 1 aromatic rings. The maximum Gasteiger partial charge on any atom is 0.490 e. The van der Waals surface area contributed by atoms with Crippen molar-refractivity contribution in [2.75, 3.05) is 14.2 Å². The van der Waals surface area contributed by atoms with E-state index in [2.05, 4.69) is 4.74 Å². The maximum atomic E-state index is 11.0. The molecule has 0 saturated heterocycles. The standard InChI is InChI=1S/C9H10O.C3H3F3O2/c1-10-8-7-9-5-3-2-4-6-9;1-8-2(7)3(4,5)6/h2-8H,1H3;1H3. The molecule has 0 amide bonds. The van der Waals surface area contributed by atoms with Crippen LogP contribution in [-0.2, 0) is 14.3 Å². The third-order valence-electron chi connectivity index (χ3n) is 1.61. The van der Waals surface area contributed by atoms with Crippen LogP contribution in [0.1, 0.15) is 5.56 Å². The maximum absolute atomic E-state index is 11.0. The molecule has 0 heterocycles. The molecule has 0 fully saturated rings. The monoisotopic (exact) mass is 262 g/mol. The smallest absolute Gasteiger partial charge is 0.490 e. The molecule has 0 aromatic heterocycles. The second-order valence-electron chi connectivity index (χ2n) is 2.94. The minimum absolute atomic E-state index is 0.676. The van der Waals surface area contributed by atoms with E-state index in [0.717, 1.165) is 5.56 Å². The second kappa shape index (κ2) is 8.16. The lowest BCUT2D eigenvalue weighted by atomic mass is 10.2. The number of hydrogen-bond donors (Lipinski definition) is 0. The molecule has 0 bridgehead atoms. The van der Waals surface area contributed by atoms with Crippen LogP contribution in [0.4, 0.5) is 13.2 Å². The van der Waals surface area contributed by atoms with Crippen molar-refractivity contribution in [2.45, 2.75) is 6.18 Å². The second-order valence-corrected chi connectivity index (χ2v) is 2.94. The summed E-state index contributed by atoms with van der Waals surface area (Å²) in [6.07, 6.45) is -1.27.